The number of hydrogen-bond donors (Lipinski definition) is 2. The van der Waals surface area contributed by atoms with Crippen LogP contribution in [0.3, 0.4) is 0 Å². The maximum absolute atomic E-state index is 11.9. The van der Waals surface area contributed by atoms with Crippen molar-refractivity contribution in [2.45, 2.75) is 31.3 Å². The van der Waals surface area contributed by atoms with E-state index in [0.717, 1.165) is 30.0 Å². The van der Waals surface area contributed by atoms with Crippen molar-refractivity contribution < 1.29 is 17.6 Å². The predicted molar refractivity (Wildman–Crippen MR) is 87.1 cm³/mol. The number of nitrogens with one attached hydrogen (secondary N) is 2. The van der Waals surface area contributed by atoms with Crippen LogP contribution in [0.1, 0.15) is 34.1 Å². The van der Waals surface area contributed by atoms with Gasteiger partial charge in [0.25, 0.3) is 15.9 Å². The Kier molecular flexibility index (Phi) is 5.91. The number of unbranched alkanes of at least 4 members (excludes halogenated alkanes) is 1. The highest BCUT2D eigenvalue weighted by Gasteiger charge is 2.19. The summed E-state index contributed by atoms with van der Waals surface area (Å²) in [6.07, 6.45) is 2.62. The van der Waals surface area contributed by atoms with Crippen LogP contribution in [0.15, 0.2) is 27.0 Å². The van der Waals surface area contributed by atoms with Gasteiger partial charge in [-0.2, -0.15) is 0 Å². The number of aromatic nitrogens is 1. The van der Waals surface area contributed by atoms with Gasteiger partial charge in [0, 0.05) is 17.6 Å². The van der Waals surface area contributed by atoms with Crippen LogP contribution in [0.25, 0.3) is 0 Å². The molecule has 0 aliphatic heterocycles. The molecule has 23 heavy (non-hydrogen) atoms. The molecule has 0 aliphatic carbocycles. The second-order valence-electron chi connectivity index (χ2n) is 4.92. The minimum absolute atomic E-state index is 0.0191. The quantitative estimate of drug-likeness (QED) is 0.700. The molecule has 0 radical (unpaired) electrons. The Morgan fingerprint density at radius 3 is 2.78 bits per heavy atom. The van der Waals surface area contributed by atoms with Crippen LogP contribution in [-0.2, 0) is 16.4 Å². The lowest BCUT2D eigenvalue weighted by molar-refractivity contribution is 0.0920. The van der Waals surface area contributed by atoms with Crippen molar-refractivity contribution in [2.24, 2.45) is 0 Å². The van der Waals surface area contributed by atoms with E-state index in [2.05, 4.69) is 15.0 Å². The van der Waals surface area contributed by atoms with E-state index < -0.39 is 15.9 Å². The summed E-state index contributed by atoms with van der Waals surface area (Å²) in [5.74, 6) is -0.443. The smallest absolute Gasteiger partial charge is 0.287 e. The van der Waals surface area contributed by atoms with Crippen molar-refractivity contribution in [1.29, 1.82) is 0 Å². The normalized spacial score (nSPS) is 11.6. The van der Waals surface area contributed by atoms with E-state index in [1.807, 2.05) is 12.3 Å². The van der Waals surface area contributed by atoms with Crippen molar-refractivity contribution in [3.8, 4) is 0 Å². The zero-order valence-corrected chi connectivity index (χ0v) is 14.6. The molecule has 0 aromatic carbocycles. The van der Waals surface area contributed by atoms with Gasteiger partial charge in [0.05, 0.1) is 5.01 Å². The number of sulfonamides is 1. The van der Waals surface area contributed by atoms with E-state index in [-0.39, 0.29) is 10.9 Å². The molecule has 2 heterocycles. The molecule has 9 heteroatoms. The lowest BCUT2D eigenvalue weighted by Gasteiger charge is -2.02. The summed E-state index contributed by atoms with van der Waals surface area (Å²) in [5, 5.41) is 5.55. The van der Waals surface area contributed by atoms with E-state index in [1.54, 1.807) is 11.3 Å². The van der Waals surface area contributed by atoms with Crippen LogP contribution >= 0.6 is 11.3 Å². The van der Waals surface area contributed by atoms with Gasteiger partial charge in [0.15, 0.2) is 5.76 Å². The van der Waals surface area contributed by atoms with Crippen molar-refractivity contribution >= 4 is 27.3 Å². The fourth-order valence-electron chi connectivity index (χ4n) is 1.89. The maximum atomic E-state index is 11.9. The molecule has 0 fully saturated rings. The highest BCUT2D eigenvalue weighted by molar-refractivity contribution is 7.89. The summed E-state index contributed by atoms with van der Waals surface area (Å²) < 4.78 is 30.3. The molecule has 0 aliphatic rings. The molecule has 0 saturated heterocycles. The van der Waals surface area contributed by atoms with E-state index in [1.165, 1.54) is 19.2 Å². The summed E-state index contributed by atoms with van der Waals surface area (Å²) in [6.45, 7) is 2.46. The Morgan fingerprint density at radius 1 is 1.35 bits per heavy atom. The summed E-state index contributed by atoms with van der Waals surface area (Å²) in [5.41, 5.74) is 1.03. The average Bonchev–Trinajstić information content (AvgIpc) is 3.16. The molecule has 2 aromatic rings. The minimum atomic E-state index is -3.67. The van der Waals surface area contributed by atoms with Crippen LogP contribution in [0.5, 0.6) is 0 Å². The Morgan fingerprint density at radius 2 is 2.13 bits per heavy atom. The fourth-order valence-corrected chi connectivity index (χ4v) is 3.36. The summed E-state index contributed by atoms with van der Waals surface area (Å²) in [7, 11) is -2.39. The predicted octanol–water partition coefficient (Wildman–Crippen LogP) is 1.71. The van der Waals surface area contributed by atoms with Gasteiger partial charge in [0.2, 0.25) is 5.09 Å². The first-order chi connectivity index (χ1) is 10.9. The number of thiazole rings is 1. The standard InChI is InChI=1S/C14H19N3O4S2/c1-10-9-22-12(17-10)5-3-4-8-16-14(18)11-6-7-13(21-11)23(19,20)15-2/h6-7,9,15H,3-5,8H2,1-2H3,(H,16,18). The van der Waals surface area contributed by atoms with Crippen LogP contribution in [0.4, 0.5) is 0 Å². The molecule has 2 rings (SSSR count). The first-order valence-corrected chi connectivity index (χ1v) is 9.51. The summed E-state index contributed by atoms with van der Waals surface area (Å²) >= 11 is 1.64. The van der Waals surface area contributed by atoms with Gasteiger partial charge in [-0.1, -0.05) is 0 Å². The van der Waals surface area contributed by atoms with E-state index in [9.17, 15) is 13.2 Å². The molecule has 1 amide bonds. The second-order valence-corrected chi connectivity index (χ2v) is 7.68. The molecular formula is C14H19N3O4S2. The molecule has 0 spiro atoms. The third-order valence-corrected chi connectivity index (χ3v) is 5.42. The molecule has 2 N–H and O–H groups in total. The van der Waals surface area contributed by atoms with Gasteiger partial charge in [0.1, 0.15) is 0 Å². The van der Waals surface area contributed by atoms with Gasteiger partial charge >= 0.3 is 0 Å². The van der Waals surface area contributed by atoms with Crippen molar-refractivity contribution in [1.82, 2.24) is 15.0 Å². The molecule has 0 unspecified atom stereocenters. The average molecular weight is 357 g/mol. The topological polar surface area (TPSA) is 101 Å². The number of aryl methyl sites for hydroxylation is 2. The lowest BCUT2D eigenvalue weighted by atomic mass is 10.2. The van der Waals surface area contributed by atoms with Gasteiger partial charge in [-0.25, -0.2) is 18.1 Å². The number of carbonyl (C=O) groups is 1. The zero-order valence-electron chi connectivity index (χ0n) is 13.0. The largest absolute Gasteiger partial charge is 0.438 e. The van der Waals surface area contributed by atoms with E-state index in [0.29, 0.717) is 6.54 Å². The lowest BCUT2D eigenvalue weighted by Crippen LogP contribution is -2.24. The Bertz CT molecular complexity index is 765. The number of rotatable bonds is 8. The maximum Gasteiger partial charge on any atom is 0.287 e. The summed E-state index contributed by atoms with van der Waals surface area (Å²) in [4.78, 5) is 16.3. The van der Waals surface area contributed by atoms with Crippen molar-refractivity contribution in [3.05, 3.63) is 34.0 Å². The minimum Gasteiger partial charge on any atom is -0.438 e. The number of furan rings is 1. The molecule has 2 aromatic heterocycles. The monoisotopic (exact) mass is 357 g/mol. The van der Waals surface area contributed by atoms with Crippen molar-refractivity contribution in [3.63, 3.8) is 0 Å². The first kappa shape index (κ1) is 17.6. The Hall–Kier alpha value is -1.71. The number of amides is 1. The number of carbonyl (C=O) groups excluding carboxylic acids is 1. The van der Waals surface area contributed by atoms with Crippen LogP contribution < -0.4 is 10.0 Å². The molecule has 7 nitrogen and oxygen atoms in total. The third-order valence-electron chi connectivity index (χ3n) is 3.11. The fraction of sp³-hybridized carbons (Fsp3) is 0.429. The van der Waals surface area contributed by atoms with E-state index >= 15 is 0 Å². The molecule has 0 bridgehead atoms. The SMILES string of the molecule is CNS(=O)(=O)c1ccc(C(=O)NCCCCc2nc(C)cs2)o1. The highest BCUT2D eigenvalue weighted by Crippen LogP contribution is 2.14. The van der Waals surface area contributed by atoms with E-state index in [4.69, 9.17) is 4.42 Å². The molecule has 0 atom stereocenters. The van der Waals surface area contributed by atoms with Gasteiger partial charge in [-0.05, 0) is 45.4 Å². The van der Waals surface area contributed by atoms with Crippen LogP contribution in [0.2, 0.25) is 0 Å². The van der Waals surface area contributed by atoms with Crippen molar-refractivity contribution in [2.75, 3.05) is 13.6 Å². The second kappa shape index (κ2) is 7.71. The number of hydrogen-bond acceptors (Lipinski definition) is 6. The van der Waals surface area contributed by atoms with Gasteiger partial charge in [-0.15, -0.1) is 11.3 Å². The zero-order chi connectivity index (χ0) is 16.9. The Balaban J connectivity index is 1.75. The highest BCUT2D eigenvalue weighted by atomic mass is 32.2. The first-order valence-electron chi connectivity index (χ1n) is 7.15. The Labute approximate surface area is 139 Å². The van der Waals surface area contributed by atoms with Gasteiger partial charge < -0.3 is 9.73 Å². The number of nitrogens with zero attached hydrogens (tertiary/aromatic N) is 1. The van der Waals surface area contributed by atoms with Crippen LogP contribution in [-0.4, -0.2) is 32.9 Å². The molecule has 126 valence electrons. The third kappa shape index (κ3) is 4.88. The van der Waals surface area contributed by atoms with Crippen LogP contribution in [0, 0.1) is 6.92 Å². The van der Waals surface area contributed by atoms with Gasteiger partial charge in [-0.3, -0.25) is 4.79 Å². The summed E-state index contributed by atoms with van der Waals surface area (Å²) in [6, 6.07) is 2.60. The molecular weight excluding hydrogens is 338 g/mol. The molecule has 0 saturated carbocycles.